The number of halogens is 3. The minimum Gasteiger partial charge on any atom is -0.375 e. The zero-order valence-corrected chi connectivity index (χ0v) is 15.5. The summed E-state index contributed by atoms with van der Waals surface area (Å²) in [5, 5.41) is 8.61. The quantitative estimate of drug-likeness (QED) is 0.651. The van der Waals surface area contributed by atoms with Gasteiger partial charge in [0, 0.05) is 22.9 Å². The molecule has 2 amide bonds. The van der Waals surface area contributed by atoms with Crippen LogP contribution in [0.2, 0.25) is 10.0 Å². The van der Waals surface area contributed by atoms with E-state index in [9.17, 15) is 14.0 Å². The molecule has 0 aliphatic heterocycles. The molecule has 8 heteroatoms. The van der Waals surface area contributed by atoms with E-state index in [0.29, 0.717) is 28.5 Å². The number of amides is 2. The summed E-state index contributed by atoms with van der Waals surface area (Å²) in [5.41, 5.74) is 1.20. The zero-order chi connectivity index (χ0) is 19.1. The molecule has 2 aromatic carbocycles. The molecule has 138 valence electrons. The van der Waals surface area contributed by atoms with E-state index in [0.717, 1.165) is 6.42 Å². The molecule has 0 aliphatic rings. The van der Waals surface area contributed by atoms with Gasteiger partial charge in [0.15, 0.2) is 0 Å². The highest BCUT2D eigenvalue weighted by molar-refractivity contribution is 6.31. The van der Waals surface area contributed by atoms with E-state index in [1.807, 2.05) is 6.92 Å². The Morgan fingerprint density at radius 1 is 1.12 bits per heavy atom. The van der Waals surface area contributed by atoms with E-state index in [-0.39, 0.29) is 23.4 Å². The van der Waals surface area contributed by atoms with Crippen molar-refractivity contribution in [3.63, 3.8) is 0 Å². The third kappa shape index (κ3) is 5.61. The number of anilines is 2. The van der Waals surface area contributed by atoms with Crippen LogP contribution in [0.5, 0.6) is 0 Å². The number of benzene rings is 2. The molecule has 26 heavy (non-hydrogen) atoms. The van der Waals surface area contributed by atoms with E-state index in [4.69, 9.17) is 23.2 Å². The Labute approximate surface area is 160 Å². The van der Waals surface area contributed by atoms with Crippen molar-refractivity contribution < 1.29 is 14.0 Å². The number of hydrogen-bond acceptors (Lipinski definition) is 3. The van der Waals surface area contributed by atoms with Crippen LogP contribution in [0.4, 0.5) is 15.8 Å². The van der Waals surface area contributed by atoms with Crippen molar-refractivity contribution in [3.05, 3.63) is 57.8 Å². The molecular weight excluding hydrogens is 380 g/mol. The van der Waals surface area contributed by atoms with Crippen molar-refractivity contribution in [2.45, 2.75) is 13.3 Å². The Morgan fingerprint density at radius 3 is 2.58 bits per heavy atom. The summed E-state index contributed by atoms with van der Waals surface area (Å²) in [6, 6.07) is 8.66. The van der Waals surface area contributed by atoms with E-state index in [1.165, 1.54) is 18.2 Å². The highest BCUT2D eigenvalue weighted by Crippen LogP contribution is 2.22. The number of carbonyl (C=O) groups is 2. The lowest BCUT2D eigenvalue weighted by Gasteiger charge is -2.13. The molecular formula is C18H18Cl2FN3O2. The van der Waals surface area contributed by atoms with Gasteiger partial charge in [-0.1, -0.05) is 30.1 Å². The lowest BCUT2D eigenvalue weighted by molar-refractivity contribution is -0.114. The third-order valence-corrected chi connectivity index (χ3v) is 3.93. The summed E-state index contributed by atoms with van der Waals surface area (Å²) < 4.78 is 13.1. The fraction of sp³-hybridized carbons (Fsp3) is 0.222. The van der Waals surface area contributed by atoms with Crippen LogP contribution >= 0.6 is 23.2 Å². The molecule has 0 saturated carbocycles. The van der Waals surface area contributed by atoms with Gasteiger partial charge in [-0.25, -0.2) is 4.39 Å². The third-order valence-electron chi connectivity index (χ3n) is 3.40. The lowest BCUT2D eigenvalue weighted by Crippen LogP contribution is -2.27. The normalized spacial score (nSPS) is 10.3. The molecule has 0 heterocycles. The Morgan fingerprint density at radius 2 is 1.88 bits per heavy atom. The largest absolute Gasteiger partial charge is 0.375 e. The van der Waals surface area contributed by atoms with E-state index >= 15 is 0 Å². The number of hydrogen-bond donors (Lipinski definition) is 3. The molecule has 0 aromatic heterocycles. The molecule has 5 nitrogen and oxygen atoms in total. The predicted molar refractivity (Wildman–Crippen MR) is 103 cm³/mol. The van der Waals surface area contributed by atoms with Crippen LogP contribution in [0.1, 0.15) is 23.7 Å². The maximum atomic E-state index is 13.1. The summed E-state index contributed by atoms with van der Waals surface area (Å²) in [4.78, 5) is 24.3. The second-order valence-corrected chi connectivity index (χ2v) is 6.32. The van der Waals surface area contributed by atoms with Gasteiger partial charge in [-0.3, -0.25) is 9.59 Å². The minimum atomic E-state index is -0.565. The summed E-state index contributed by atoms with van der Waals surface area (Å²) in [6.07, 6.45) is 0.810. The molecule has 0 aliphatic carbocycles. The highest BCUT2D eigenvalue weighted by Gasteiger charge is 2.13. The van der Waals surface area contributed by atoms with Gasteiger partial charge >= 0.3 is 0 Å². The summed E-state index contributed by atoms with van der Waals surface area (Å²) in [5.74, 6) is -1.20. The van der Waals surface area contributed by atoms with Crippen molar-refractivity contribution in [3.8, 4) is 0 Å². The number of nitrogens with one attached hydrogen (secondary N) is 3. The molecule has 0 spiro atoms. The molecule has 0 bridgehead atoms. The van der Waals surface area contributed by atoms with Crippen LogP contribution in [0, 0.1) is 5.82 Å². The van der Waals surface area contributed by atoms with Gasteiger partial charge in [0.05, 0.1) is 17.1 Å². The van der Waals surface area contributed by atoms with Gasteiger partial charge < -0.3 is 16.0 Å². The number of carbonyl (C=O) groups excluding carboxylic acids is 2. The molecule has 0 fully saturated rings. The Hall–Kier alpha value is -2.31. The van der Waals surface area contributed by atoms with Crippen LogP contribution in [-0.2, 0) is 4.79 Å². The first-order valence-corrected chi connectivity index (χ1v) is 8.72. The smallest absolute Gasteiger partial charge is 0.253 e. The average Bonchev–Trinajstić information content (AvgIpc) is 2.61. The fourth-order valence-corrected chi connectivity index (χ4v) is 2.50. The number of rotatable bonds is 7. The van der Waals surface area contributed by atoms with E-state index in [2.05, 4.69) is 16.0 Å². The summed E-state index contributed by atoms with van der Waals surface area (Å²) in [7, 11) is 0. The second-order valence-electron chi connectivity index (χ2n) is 5.48. The summed E-state index contributed by atoms with van der Waals surface area (Å²) in [6.45, 7) is 2.39. The van der Waals surface area contributed by atoms with Gasteiger partial charge in [0.25, 0.3) is 5.91 Å². The van der Waals surface area contributed by atoms with Gasteiger partial charge in [-0.15, -0.1) is 0 Å². The van der Waals surface area contributed by atoms with E-state index < -0.39 is 5.82 Å². The van der Waals surface area contributed by atoms with Crippen molar-refractivity contribution in [1.82, 2.24) is 5.32 Å². The van der Waals surface area contributed by atoms with E-state index in [1.54, 1.807) is 18.2 Å². The molecule has 0 atom stereocenters. The Bertz CT molecular complexity index is 815. The predicted octanol–water partition coefficient (Wildman–Crippen LogP) is 4.32. The maximum absolute atomic E-state index is 13.1. The van der Waals surface area contributed by atoms with Gasteiger partial charge in [-0.05, 0) is 42.8 Å². The molecule has 0 unspecified atom stereocenters. The first-order valence-electron chi connectivity index (χ1n) is 7.97. The van der Waals surface area contributed by atoms with Crippen LogP contribution in [-0.4, -0.2) is 24.9 Å². The Kier molecular flexibility index (Phi) is 7.24. The lowest BCUT2D eigenvalue weighted by atomic mass is 10.1. The zero-order valence-electron chi connectivity index (χ0n) is 14.0. The fourth-order valence-electron chi connectivity index (χ4n) is 2.15. The van der Waals surface area contributed by atoms with Crippen LogP contribution in [0.25, 0.3) is 0 Å². The summed E-state index contributed by atoms with van der Waals surface area (Å²) >= 11 is 11.7. The monoisotopic (exact) mass is 397 g/mol. The maximum Gasteiger partial charge on any atom is 0.253 e. The molecule has 0 saturated heterocycles. The molecule has 2 aromatic rings. The van der Waals surface area contributed by atoms with Gasteiger partial charge in [0.2, 0.25) is 5.91 Å². The Balaban J connectivity index is 2.03. The van der Waals surface area contributed by atoms with Crippen LogP contribution in [0.3, 0.4) is 0 Å². The molecule has 0 radical (unpaired) electrons. The molecule has 3 N–H and O–H groups in total. The topological polar surface area (TPSA) is 70.2 Å². The van der Waals surface area contributed by atoms with Crippen LogP contribution < -0.4 is 16.0 Å². The van der Waals surface area contributed by atoms with Crippen molar-refractivity contribution in [1.29, 1.82) is 0 Å². The first-order chi connectivity index (χ1) is 12.4. The van der Waals surface area contributed by atoms with Gasteiger partial charge in [0.1, 0.15) is 5.82 Å². The SMILES string of the molecule is CCCNC(=O)c1ccc(Cl)cc1NCC(=O)Nc1ccc(F)c(Cl)c1. The van der Waals surface area contributed by atoms with Crippen molar-refractivity contribution in [2.24, 2.45) is 0 Å². The first kappa shape index (κ1) is 20.0. The standard InChI is InChI=1S/C18H18Cl2FN3O2/c1-2-7-22-18(26)13-5-3-11(19)8-16(13)23-10-17(25)24-12-4-6-15(21)14(20)9-12/h3-6,8-9,23H,2,7,10H2,1H3,(H,22,26)(H,24,25). The van der Waals surface area contributed by atoms with Crippen molar-refractivity contribution >= 4 is 46.4 Å². The highest BCUT2D eigenvalue weighted by atomic mass is 35.5. The average molecular weight is 398 g/mol. The van der Waals surface area contributed by atoms with Crippen molar-refractivity contribution in [2.75, 3.05) is 23.7 Å². The minimum absolute atomic E-state index is 0.0829. The second kappa shape index (κ2) is 9.40. The van der Waals surface area contributed by atoms with Gasteiger partial charge in [-0.2, -0.15) is 0 Å². The van der Waals surface area contributed by atoms with Crippen LogP contribution in [0.15, 0.2) is 36.4 Å². The molecule has 2 rings (SSSR count).